The normalized spacial score (nSPS) is 11.1. The first kappa shape index (κ1) is 33.1. The first-order valence-electron chi connectivity index (χ1n) is 13.9. The fraction of sp³-hybridized carbons (Fsp3) is 0.0270. The van der Waals surface area contributed by atoms with E-state index in [4.69, 9.17) is 4.74 Å². The average Bonchev–Trinajstić information content (AvgIpc) is 3.07. The number of hydrogen-bond donors (Lipinski definition) is 1. The van der Waals surface area contributed by atoms with Crippen LogP contribution in [0.3, 0.4) is 0 Å². The number of benzene rings is 6. The van der Waals surface area contributed by atoms with E-state index in [1.807, 2.05) is 24.3 Å². The number of hydrogen-bond acceptors (Lipinski definition) is 6. The molecule has 0 bridgehead atoms. The zero-order chi connectivity index (χ0) is 30.7. The molecular weight excluding hydrogens is 674 g/mol. The molecule has 6 aromatic carbocycles. The third kappa shape index (κ3) is 8.65. The molecule has 0 aromatic heterocycles. The van der Waals surface area contributed by atoms with Gasteiger partial charge < -0.3 is 20.1 Å². The molecule has 0 heterocycles. The Labute approximate surface area is 277 Å². The monoisotopic (exact) mass is 703 g/mol. The van der Waals surface area contributed by atoms with Crippen LogP contribution in [0.4, 0.5) is 0 Å². The number of phenolic OH excluding ortho intramolecular Hbond substituents is 1. The van der Waals surface area contributed by atoms with E-state index in [9.17, 15) is 15.3 Å². The van der Waals surface area contributed by atoms with Crippen molar-refractivity contribution in [2.75, 3.05) is 7.11 Å². The van der Waals surface area contributed by atoms with Crippen LogP contribution in [0.1, 0.15) is 11.1 Å². The molecule has 0 aliphatic carbocycles. The summed E-state index contributed by atoms with van der Waals surface area (Å²) in [6, 6.07) is 47.3. The number of fused-ring (bicyclic) bond motifs is 1. The van der Waals surface area contributed by atoms with Crippen LogP contribution in [0.2, 0.25) is 0 Å². The van der Waals surface area contributed by atoms with Crippen LogP contribution < -0.4 is 30.9 Å². The van der Waals surface area contributed by atoms with Crippen molar-refractivity contribution in [2.24, 2.45) is 10.2 Å². The first-order chi connectivity index (χ1) is 21.5. The minimum atomic E-state index is -0.877. The SMILES string of the molecule is COc1ccc(/C=N/N=C(\[O-])c2cc3ccccc3cc2O)c([O-])c1.[Pd+2].c1ccc([PH+](c2ccccc2)c2ccccc2)cc1. The van der Waals surface area contributed by atoms with Crippen LogP contribution >= 0.6 is 7.92 Å². The minimum absolute atomic E-state index is 0. The van der Waals surface area contributed by atoms with Gasteiger partial charge in [-0.25, -0.2) is 0 Å². The van der Waals surface area contributed by atoms with Gasteiger partial charge in [-0.1, -0.05) is 90.7 Å². The minimum Gasteiger partial charge on any atom is -0.872 e. The van der Waals surface area contributed by atoms with Crippen molar-refractivity contribution in [3.05, 3.63) is 157 Å². The smallest absolute Gasteiger partial charge is 0.872 e. The Morgan fingerprint density at radius 1 is 0.689 bits per heavy atom. The standard InChI is InChI=1S/C19H16N2O4.C18H15P.Pd/c1-25-15-7-6-14(17(22)10-15)11-20-21-19(24)16-8-12-4-2-3-5-13(12)9-18(16)23;1-4-10-16(11-5-1)19(17-12-6-2-7-13-17)18-14-8-3-9-15-18;/h2-11,22-23H,1H3,(H,21,24);1-15H;/q;;+2/p-1/b20-11+;;. The molecule has 0 spiro atoms. The summed E-state index contributed by atoms with van der Waals surface area (Å²) in [5.41, 5.74) is 0.327. The summed E-state index contributed by atoms with van der Waals surface area (Å²) in [5.74, 6) is -0.715. The van der Waals surface area contributed by atoms with E-state index in [2.05, 4.69) is 101 Å². The quantitative estimate of drug-likeness (QED) is 0.0837. The van der Waals surface area contributed by atoms with Gasteiger partial charge in [-0.3, -0.25) is 0 Å². The van der Waals surface area contributed by atoms with E-state index in [1.165, 1.54) is 47.4 Å². The molecule has 6 rings (SSSR count). The predicted octanol–water partition coefficient (Wildman–Crippen LogP) is 4.94. The average molecular weight is 704 g/mol. The third-order valence-electron chi connectivity index (χ3n) is 6.85. The molecule has 6 aromatic rings. The molecule has 0 radical (unpaired) electrons. The summed E-state index contributed by atoms with van der Waals surface area (Å²) < 4.78 is 4.95. The van der Waals surface area contributed by atoms with Gasteiger partial charge in [-0.05, 0) is 77.0 Å². The fourth-order valence-electron chi connectivity index (χ4n) is 4.66. The number of phenols is 1. The zero-order valence-corrected chi connectivity index (χ0v) is 26.9. The molecule has 0 unspecified atom stereocenters. The summed E-state index contributed by atoms with van der Waals surface area (Å²) in [7, 11) is 0.588. The van der Waals surface area contributed by atoms with Gasteiger partial charge in [0.15, 0.2) is 0 Å². The molecule has 0 aliphatic heterocycles. The maximum atomic E-state index is 12.1. The van der Waals surface area contributed by atoms with Crippen molar-refractivity contribution in [1.29, 1.82) is 0 Å². The number of ether oxygens (including phenoxy) is 1. The topological polar surface area (TPSA) is 100 Å². The van der Waals surface area contributed by atoms with Gasteiger partial charge in [-0.15, -0.1) is 0 Å². The zero-order valence-electron chi connectivity index (χ0n) is 24.3. The fourth-order valence-corrected chi connectivity index (χ4v) is 7.24. The number of nitrogens with zero attached hydrogens (tertiary/aromatic N) is 2. The van der Waals surface area contributed by atoms with E-state index in [-0.39, 0.29) is 43.0 Å². The van der Waals surface area contributed by atoms with E-state index in [0.717, 1.165) is 10.8 Å². The summed E-state index contributed by atoms with van der Waals surface area (Å²) in [6.07, 6.45) is 1.19. The Balaban J connectivity index is 0.000000207. The van der Waals surface area contributed by atoms with Crippen LogP contribution in [-0.4, -0.2) is 24.3 Å². The first-order valence-corrected chi connectivity index (χ1v) is 15.4. The molecule has 0 atom stereocenters. The van der Waals surface area contributed by atoms with Gasteiger partial charge in [-0.2, -0.15) is 10.2 Å². The Hall–Kier alpha value is -4.79. The van der Waals surface area contributed by atoms with Crippen LogP contribution in [0.5, 0.6) is 17.2 Å². The van der Waals surface area contributed by atoms with Gasteiger partial charge in [0.25, 0.3) is 0 Å². The van der Waals surface area contributed by atoms with Crippen molar-refractivity contribution in [2.45, 2.75) is 0 Å². The van der Waals surface area contributed by atoms with Crippen molar-refractivity contribution in [3.8, 4) is 17.2 Å². The van der Waals surface area contributed by atoms with E-state index >= 15 is 0 Å². The van der Waals surface area contributed by atoms with Gasteiger partial charge in [0.1, 0.15) is 27.4 Å². The molecule has 226 valence electrons. The van der Waals surface area contributed by atoms with Crippen molar-refractivity contribution in [3.63, 3.8) is 0 Å². The van der Waals surface area contributed by atoms with Crippen LogP contribution in [-0.2, 0) is 20.4 Å². The number of methoxy groups -OCH3 is 1. The maximum Gasteiger partial charge on any atom is 2.00 e. The predicted molar refractivity (Wildman–Crippen MR) is 179 cm³/mol. The summed E-state index contributed by atoms with van der Waals surface area (Å²) in [6.45, 7) is 0. The molecule has 8 heteroatoms. The second-order valence-corrected chi connectivity index (χ2v) is 12.2. The van der Waals surface area contributed by atoms with Gasteiger partial charge in [0.2, 0.25) is 0 Å². The molecule has 6 nitrogen and oxygen atoms in total. The van der Waals surface area contributed by atoms with Gasteiger partial charge in [0, 0.05) is 11.5 Å². The number of aromatic hydroxyl groups is 1. The number of rotatable bonds is 7. The second-order valence-electron chi connectivity index (χ2n) is 9.74. The molecule has 1 N–H and O–H groups in total. The molecule has 0 saturated heterocycles. The Morgan fingerprint density at radius 2 is 1.18 bits per heavy atom. The molecule has 0 aliphatic rings. The maximum absolute atomic E-state index is 12.1. The Morgan fingerprint density at radius 3 is 1.67 bits per heavy atom. The van der Waals surface area contributed by atoms with Gasteiger partial charge in [0.05, 0.1) is 21.2 Å². The van der Waals surface area contributed by atoms with E-state index in [0.29, 0.717) is 5.75 Å². The van der Waals surface area contributed by atoms with Gasteiger partial charge >= 0.3 is 20.4 Å². The third-order valence-corrected chi connectivity index (χ3v) is 9.58. The Bertz CT molecular complexity index is 1790. The van der Waals surface area contributed by atoms with Crippen LogP contribution in [0.15, 0.2) is 156 Å². The van der Waals surface area contributed by atoms with Crippen molar-refractivity contribution < 1.29 is 40.5 Å². The molecule has 0 fully saturated rings. The van der Waals surface area contributed by atoms with Crippen molar-refractivity contribution in [1.82, 2.24) is 0 Å². The summed E-state index contributed by atoms with van der Waals surface area (Å²) >= 11 is 0. The van der Waals surface area contributed by atoms with Crippen LogP contribution in [0, 0.1) is 0 Å². The van der Waals surface area contributed by atoms with E-state index in [1.54, 1.807) is 12.1 Å². The largest absolute Gasteiger partial charge is 2.00 e. The second kappa shape index (κ2) is 16.3. The summed E-state index contributed by atoms with van der Waals surface area (Å²) in [4.78, 5) is 0. The molecule has 45 heavy (non-hydrogen) atoms. The van der Waals surface area contributed by atoms with Crippen LogP contribution in [0.25, 0.3) is 10.8 Å². The molecular formula is C37H30N2O4PPd+. The Kier molecular flexibility index (Phi) is 12.0. The molecule has 0 amide bonds. The molecule has 0 saturated carbocycles. The summed E-state index contributed by atoms with van der Waals surface area (Å²) in [5, 5.41) is 47.1. The van der Waals surface area contributed by atoms with E-state index < -0.39 is 13.8 Å². The van der Waals surface area contributed by atoms with Crippen molar-refractivity contribution >= 4 is 46.7 Å².